The summed E-state index contributed by atoms with van der Waals surface area (Å²) < 4.78 is 0. The third-order valence-electron chi connectivity index (χ3n) is 2.33. The van der Waals surface area contributed by atoms with Crippen molar-refractivity contribution in [1.29, 1.82) is 0 Å². The summed E-state index contributed by atoms with van der Waals surface area (Å²) in [5, 5.41) is 0. The van der Waals surface area contributed by atoms with Crippen molar-refractivity contribution in [1.82, 2.24) is 9.97 Å². The Kier molecular flexibility index (Phi) is 2.27. The fourth-order valence-electron chi connectivity index (χ4n) is 1.48. The van der Waals surface area contributed by atoms with E-state index in [1.807, 2.05) is 13.0 Å². The Balaban J connectivity index is 2.17. The van der Waals surface area contributed by atoms with Gasteiger partial charge in [0.15, 0.2) is 0 Å². The number of aryl methyl sites for hydroxylation is 1. The van der Waals surface area contributed by atoms with E-state index in [2.05, 4.69) is 9.97 Å². The first-order chi connectivity index (χ1) is 6.28. The van der Waals surface area contributed by atoms with Crippen molar-refractivity contribution >= 4 is 0 Å². The Bertz CT molecular complexity index is 305. The second-order valence-corrected chi connectivity index (χ2v) is 3.77. The van der Waals surface area contributed by atoms with Crippen LogP contribution in [0.5, 0.6) is 0 Å². The van der Waals surface area contributed by atoms with Crippen LogP contribution in [0, 0.1) is 12.8 Å². The highest BCUT2D eigenvalue weighted by Crippen LogP contribution is 2.31. The molecule has 3 nitrogen and oxygen atoms in total. The molecule has 1 saturated carbocycles. The second kappa shape index (κ2) is 3.42. The molecule has 70 valence electrons. The molecule has 0 radical (unpaired) electrons. The van der Waals surface area contributed by atoms with E-state index in [1.165, 1.54) is 12.8 Å². The lowest BCUT2D eigenvalue weighted by Gasteiger charge is -2.02. The van der Waals surface area contributed by atoms with Gasteiger partial charge < -0.3 is 5.73 Å². The molecule has 3 heteroatoms. The van der Waals surface area contributed by atoms with Gasteiger partial charge in [-0.05, 0) is 31.7 Å². The van der Waals surface area contributed by atoms with Gasteiger partial charge in [-0.25, -0.2) is 9.97 Å². The number of nitrogens with two attached hydrogens (primary N) is 1. The lowest BCUT2D eigenvalue weighted by molar-refractivity contribution is 0.749. The van der Waals surface area contributed by atoms with Crippen molar-refractivity contribution < 1.29 is 0 Å². The lowest BCUT2D eigenvalue weighted by atomic mass is 10.2. The van der Waals surface area contributed by atoms with Gasteiger partial charge in [-0.15, -0.1) is 0 Å². The standard InChI is InChI=1S/C10H15N3/c1-7-4-9(6-11)13-10(12-7)5-8-2-3-8/h4,8H,2-3,5-6,11H2,1H3. The number of hydrogen-bond acceptors (Lipinski definition) is 3. The van der Waals surface area contributed by atoms with Gasteiger partial charge in [0, 0.05) is 18.7 Å². The minimum atomic E-state index is 0.515. The molecule has 0 amide bonds. The average molecular weight is 177 g/mol. The zero-order valence-corrected chi connectivity index (χ0v) is 7.95. The molecule has 0 aromatic carbocycles. The summed E-state index contributed by atoms with van der Waals surface area (Å²) in [6.07, 6.45) is 3.72. The van der Waals surface area contributed by atoms with Gasteiger partial charge in [-0.1, -0.05) is 0 Å². The maximum atomic E-state index is 5.54. The van der Waals surface area contributed by atoms with E-state index >= 15 is 0 Å². The van der Waals surface area contributed by atoms with E-state index in [0.717, 1.165) is 29.6 Å². The number of hydrogen-bond donors (Lipinski definition) is 1. The van der Waals surface area contributed by atoms with Crippen molar-refractivity contribution in [3.05, 3.63) is 23.3 Å². The van der Waals surface area contributed by atoms with Crippen LogP contribution in [0.1, 0.15) is 30.1 Å². The van der Waals surface area contributed by atoms with Crippen molar-refractivity contribution in [3.63, 3.8) is 0 Å². The molecular weight excluding hydrogens is 162 g/mol. The van der Waals surface area contributed by atoms with Crippen LogP contribution in [0.25, 0.3) is 0 Å². The van der Waals surface area contributed by atoms with Crippen molar-refractivity contribution in [2.75, 3.05) is 0 Å². The zero-order valence-electron chi connectivity index (χ0n) is 7.95. The predicted molar refractivity (Wildman–Crippen MR) is 51.1 cm³/mol. The highest BCUT2D eigenvalue weighted by Gasteiger charge is 2.22. The molecule has 13 heavy (non-hydrogen) atoms. The molecule has 1 heterocycles. The van der Waals surface area contributed by atoms with Crippen molar-refractivity contribution in [3.8, 4) is 0 Å². The van der Waals surface area contributed by atoms with Crippen LogP contribution >= 0.6 is 0 Å². The highest BCUT2D eigenvalue weighted by molar-refractivity contribution is 5.10. The molecule has 0 bridgehead atoms. The van der Waals surface area contributed by atoms with Crippen LogP contribution in [0.2, 0.25) is 0 Å². The van der Waals surface area contributed by atoms with Gasteiger partial charge in [-0.2, -0.15) is 0 Å². The Morgan fingerprint density at radius 3 is 2.85 bits per heavy atom. The summed E-state index contributed by atoms with van der Waals surface area (Å²) in [7, 11) is 0. The van der Waals surface area contributed by atoms with Crippen LogP contribution < -0.4 is 5.73 Å². The van der Waals surface area contributed by atoms with Crippen LogP contribution in [-0.4, -0.2) is 9.97 Å². The molecule has 1 aliphatic carbocycles. The number of aromatic nitrogens is 2. The van der Waals surface area contributed by atoms with Crippen LogP contribution in [-0.2, 0) is 13.0 Å². The molecule has 1 fully saturated rings. The van der Waals surface area contributed by atoms with Crippen LogP contribution in [0.15, 0.2) is 6.07 Å². The summed E-state index contributed by atoms with van der Waals surface area (Å²) >= 11 is 0. The Hall–Kier alpha value is -0.960. The molecule has 1 aromatic rings. The fraction of sp³-hybridized carbons (Fsp3) is 0.600. The molecule has 2 N–H and O–H groups in total. The average Bonchev–Trinajstić information content (AvgIpc) is 2.87. The number of rotatable bonds is 3. The SMILES string of the molecule is Cc1cc(CN)nc(CC2CC2)n1. The monoisotopic (exact) mass is 177 g/mol. The normalized spacial score (nSPS) is 16.2. The molecule has 0 spiro atoms. The highest BCUT2D eigenvalue weighted by atomic mass is 14.9. The van der Waals surface area contributed by atoms with E-state index in [-0.39, 0.29) is 0 Å². The van der Waals surface area contributed by atoms with E-state index in [9.17, 15) is 0 Å². The van der Waals surface area contributed by atoms with Gasteiger partial charge in [0.05, 0.1) is 5.69 Å². The second-order valence-electron chi connectivity index (χ2n) is 3.77. The molecule has 0 atom stereocenters. The van der Waals surface area contributed by atoms with E-state index < -0.39 is 0 Å². The summed E-state index contributed by atoms with van der Waals surface area (Å²) in [4.78, 5) is 8.79. The lowest BCUT2D eigenvalue weighted by Crippen LogP contribution is -2.06. The van der Waals surface area contributed by atoms with Gasteiger partial charge in [0.2, 0.25) is 0 Å². The molecule has 1 aliphatic rings. The summed E-state index contributed by atoms with van der Waals surface area (Å²) in [5.74, 6) is 1.82. The molecule has 0 aliphatic heterocycles. The summed E-state index contributed by atoms with van der Waals surface area (Å²) in [6, 6.07) is 1.95. The molecule has 0 unspecified atom stereocenters. The Labute approximate surface area is 78.4 Å². The first-order valence-corrected chi connectivity index (χ1v) is 4.81. The molecule has 2 rings (SSSR count). The summed E-state index contributed by atoms with van der Waals surface area (Å²) in [6.45, 7) is 2.51. The maximum Gasteiger partial charge on any atom is 0.129 e. The molecule has 1 aromatic heterocycles. The van der Waals surface area contributed by atoms with Crippen LogP contribution in [0.4, 0.5) is 0 Å². The molecular formula is C10H15N3. The van der Waals surface area contributed by atoms with Gasteiger partial charge in [-0.3, -0.25) is 0 Å². The maximum absolute atomic E-state index is 5.54. The third kappa shape index (κ3) is 2.25. The molecule has 0 saturated heterocycles. The predicted octanol–water partition coefficient (Wildman–Crippen LogP) is 1.20. The first kappa shape index (κ1) is 8.63. The van der Waals surface area contributed by atoms with Crippen molar-refractivity contribution in [2.45, 2.75) is 32.7 Å². The number of nitrogens with zero attached hydrogens (tertiary/aromatic N) is 2. The Morgan fingerprint density at radius 1 is 1.46 bits per heavy atom. The van der Waals surface area contributed by atoms with Gasteiger partial charge in [0.1, 0.15) is 5.82 Å². The van der Waals surface area contributed by atoms with Crippen molar-refractivity contribution in [2.24, 2.45) is 11.7 Å². The Morgan fingerprint density at radius 2 is 2.23 bits per heavy atom. The smallest absolute Gasteiger partial charge is 0.129 e. The largest absolute Gasteiger partial charge is 0.325 e. The quantitative estimate of drug-likeness (QED) is 0.754. The van der Waals surface area contributed by atoms with E-state index in [0.29, 0.717) is 6.54 Å². The fourth-order valence-corrected chi connectivity index (χ4v) is 1.48. The summed E-state index contributed by atoms with van der Waals surface area (Å²) in [5.41, 5.74) is 7.54. The van der Waals surface area contributed by atoms with E-state index in [1.54, 1.807) is 0 Å². The minimum Gasteiger partial charge on any atom is -0.325 e. The van der Waals surface area contributed by atoms with E-state index in [4.69, 9.17) is 5.73 Å². The van der Waals surface area contributed by atoms with Gasteiger partial charge in [0.25, 0.3) is 0 Å². The first-order valence-electron chi connectivity index (χ1n) is 4.81. The van der Waals surface area contributed by atoms with Crippen LogP contribution in [0.3, 0.4) is 0 Å². The zero-order chi connectivity index (χ0) is 9.26. The van der Waals surface area contributed by atoms with Gasteiger partial charge >= 0.3 is 0 Å². The third-order valence-corrected chi connectivity index (χ3v) is 2.33. The topological polar surface area (TPSA) is 51.8 Å². The minimum absolute atomic E-state index is 0.515.